The van der Waals surface area contributed by atoms with Gasteiger partial charge in [0.1, 0.15) is 5.60 Å². The van der Waals surface area contributed by atoms with E-state index in [2.05, 4.69) is 27.4 Å². The quantitative estimate of drug-likeness (QED) is 0.719. The fourth-order valence-electron chi connectivity index (χ4n) is 5.83. The lowest BCUT2D eigenvalue weighted by molar-refractivity contribution is -0.0619. The van der Waals surface area contributed by atoms with Crippen LogP contribution in [-0.2, 0) is 11.4 Å². The zero-order valence-corrected chi connectivity index (χ0v) is 19.4. The van der Waals surface area contributed by atoms with Crippen molar-refractivity contribution < 1.29 is 4.84 Å². The molecule has 4 aliphatic rings. The molecular formula is C25H36N6O. The number of piperidine rings is 1. The SMILES string of the molecule is CCn1ncc2c(NC3CCCCC3)c(C3=NOC4(CCN(CC5CC5)CC4)C3)cnc21. The molecule has 1 N–H and O–H groups in total. The van der Waals surface area contributed by atoms with E-state index < -0.39 is 0 Å². The number of aromatic nitrogens is 3. The van der Waals surface area contributed by atoms with Gasteiger partial charge >= 0.3 is 0 Å². The second kappa shape index (κ2) is 8.32. The fourth-order valence-corrected chi connectivity index (χ4v) is 5.83. The van der Waals surface area contributed by atoms with Gasteiger partial charge in [0, 0.05) is 63.2 Å². The summed E-state index contributed by atoms with van der Waals surface area (Å²) < 4.78 is 1.98. The smallest absolute Gasteiger partial charge is 0.159 e. The van der Waals surface area contributed by atoms with Crippen LogP contribution in [0.4, 0.5) is 5.69 Å². The molecule has 2 aromatic rings. The van der Waals surface area contributed by atoms with E-state index in [1.54, 1.807) is 0 Å². The summed E-state index contributed by atoms with van der Waals surface area (Å²) in [5.74, 6) is 0.954. The van der Waals surface area contributed by atoms with Crippen molar-refractivity contribution in [3.8, 4) is 0 Å². The Labute approximate surface area is 190 Å². The Morgan fingerprint density at radius 1 is 1.09 bits per heavy atom. The van der Waals surface area contributed by atoms with Gasteiger partial charge in [-0.3, -0.25) is 0 Å². The number of pyridine rings is 1. The van der Waals surface area contributed by atoms with Crippen molar-refractivity contribution in [2.75, 3.05) is 25.0 Å². The molecular weight excluding hydrogens is 400 g/mol. The molecule has 6 rings (SSSR count). The van der Waals surface area contributed by atoms with E-state index in [1.165, 1.54) is 51.5 Å². The molecule has 0 amide bonds. The van der Waals surface area contributed by atoms with Gasteiger partial charge in [-0.15, -0.1) is 0 Å². The number of fused-ring (bicyclic) bond motifs is 1. The van der Waals surface area contributed by atoms with Crippen LogP contribution in [0.1, 0.15) is 76.7 Å². The third kappa shape index (κ3) is 3.89. The summed E-state index contributed by atoms with van der Waals surface area (Å²) >= 11 is 0. The van der Waals surface area contributed by atoms with Gasteiger partial charge in [-0.2, -0.15) is 5.10 Å². The van der Waals surface area contributed by atoms with Crippen LogP contribution in [0.5, 0.6) is 0 Å². The van der Waals surface area contributed by atoms with Crippen LogP contribution in [0, 0.1) is 5.92 Å². The average molecular weight is 437 g/mol. The monoisotopic (exact) mass is 436 g/mol. The largest absolute Gasteiger partial charge is 0.388 e. The van der Waals surface area contributed by atoms with Crippen molar-refractivity contribution in [3.63, 3.8) is 0 Å². The summed E-state index contributed by atoms with van der Waals surface area (Å²) in [6.07, 6.45) is 16.3. The molecule has 172 valence electrons. The van der Waals surface area contributed by atoms with Gasteiger partial charge in [0.25, 0.3) is 0 Å². The minimum Gasteiger partial charge on any atom is -0.388 e. The van der Waals surface area contributed by atoms with Crippen molar-refractivity contribution in [1.29, 1.82) is 0 Å². The minimum atomic E-state index is -0.125. The van der Waals surface area contributed by atoms with Crippen LogP contribution >= 0.6 is 0 Å². The molecule has 32 heavy (non-hydrogen) atoms. The highest BCUT2D eigenvalue weighted by Gasteiger charge is 2.43. The number of nitrogens with zero attached hydrogens (tertiary/aromatic N) is 5. The molecule has 2 aliphatic carbocycles. The zero-order chi connectivity index (χ0) is 21.5. The summed E-state index contributed by atoms with van der Waals surface area (Å²) in [4.78, 5) is 13.6. The Morgan fingerprint density at radius 2 is 1.91 bits per heavy atom. The van der Waals surface area contributed by atoms with Gasteiger partial charge in [0.05, 0.1) is 23.0 Å². The van der Waals surface area contributed by atoms with Crippen molar-refractivity contribution in [2.24, 2.45) is 11.1 Å². The van der Waals surface area contributed by atoms with Crippen LogP contribution in [0.3, 0.4) is 0 Å². The van der Waals surface area contributed by atoms with Gasteiger partial charge in [0.15, 0.2) is 5.65 Å². The summed E-state index contributed by atoms with van der Waals surface area (Å²) in [7, 11) is 0. The molecule has 0 atom stereocenters. The second-order valence-corrected chi connectivity index (χ2v) is 10.5. The van der Waals surface area contributed by atoms with E-state index in [0.29, 0.717) is 6.04 Å². The molecule has 1 spiro atoms. The first-order chi connectivity index (χ1) is 15.7. The Morgan fingerprint density at radius 3 is 2.66 bits per heavy atom. The first-order valence-electron chi connectivity index (χ1n) is 12.8. The Balaban J connectivity index is 1.25. The van der Waals surface area contributed by atoms with Gasteiger partial charge in [0.2, 0.25) is 0 Å². The van der Waals surface area contributed by atoms with Crippen LogP contribution < -0.4 is 5.32 Å². The van der Waals surface area contributed by atoms with Crippen LogP contribution in [0.25, 0.3) is 11.0 Å². The average Bonchev–Trinajstić information content (AvgIpc) is 3.39. The standard InChI is InChI=1S/C25H36N6O/c1-2-31-24-21(16-27-31)23(28-19-6-4-3-5-7-19)20(15-26-24)22-14-25(32-29-22)10-12-30(13-11-25)17-18-8-9-18/h15-16,18-19H,2-14,17H2,1H3,(H,26,28). The molecule has 7 nitrogen and oxygen atoms in total. The number of nitrogens with one attached hydrogen (secondary N) is 1. The molecule has 0 unspecified atom stereocenters. The number of likely N-dealkylation sites (tertiary alicyclic amines) is 1. The third-order valence-corrected chi connectivity index (χ3v) is 8.05. The van der Waals surface area contributed by atoms with Crippen LogP contribution in [0.2, 0.25) is 0 Å². The Kier molecular flexibility index (Phi) is 5.32. The third-order valence-electron chi connectivity index (χ3n) is 8.05. The molecule has 0 radical (unpaired) electrons. The molecule has 4 heterocycles. The number of oxime groups is 1. The van der Waals surface area contributed by atoms with E-state index >= 15 is 0 Å². The first-order valence-corrected chi connectivity index (χ1v) is 12.8. The molecule has 2 aliphatic heterocycles. The molecule has 7 heteroatoms. The highest BCUT2D eigenvalue weighted by atomic mass is 16.7. The molecule has 1 saturated heterocycles. The summed E-state index contributed by atoms with van der Waals surface area (Å²) in [6, 6.07) is 0.514. The Bertz CT molecular complexity index is 995. The van der Waals surface area contributed by atoms with Crippen LogP contribution in [0.15, 0.2) is 17.5 Å². The topological polar surface area (TPSA) is 67.6 Å². The van der Waals surface area contributed by atoms with Gasteiger partial charge in [-0.05, 0) is 38.5 Å². The Hall–Kier alpha value is -2.15. The molecule has 0 bridgehead atoms. The number of hydrogen-bond donors (Lipinski definition) is 1. The van der Waals surface area contributed by atoms with Crippen LogP contribution in [-0.4, -0.2) is 56.7 Å². The lowest BCUT2D eigenvalue weighted by Gasteiger charge is -2.37. The fraction of sp³-hybridized carbons (Fsp3) is 0.720. The van der Waals surface area contributed by atoms with Crippen molar-refractivity contribution >= 4 is 22.4 Å². The van der Waals surface area contributed by atoms with Gasteiger partial charge in [-0.25, -0.2) is 9.67 Å². The summed E-state index contributed by atoms with van der Waals surface area (Å²) in [5.41, 5.74) is 4.15. The number of aryl methyl sites for hydroxylation is 1. The van der Waals surface area contributed by atoms with Gasteiger partial charge in [-0.1, -0.05) is 24.4 Å². The highest BCUT2D eigenvalue weighted by molar-refractivity contribution is 6.10. The summed E-state index contributed by atoms with van der Waals surface area (Å²) in [5, 5.41) is 14.3. The predicted octanol–water partition coefficient (Wildman–Crippen LogP) is 4.56. The highest BCUT2D eigenvalue weighted by Crippen LogP contribution is 2.40. The van der Waals surface area contributed by atoms with Crippen molar-refractivity contribution in [1.82, 2.24) is 19.7 Å². The molecule has 0 aromatic carbocycles. The zero-order valence-electron chi connectivity index (χ0n) is 19.4. The maximum Gasteiger partial charge on any atom is 0.159 e. The lowest BCUT2D eigenvalue weighted by Crippen LogP contribution is -2.45. The van der Waals surface area contributed by atoms with E-state index in [4.69, 9.17) is 9.82 Å². The normalized spacial score (nSPS) is 24.1. The minimum absolute atomic E-state index is 0.125. The van der Waals surface area contributed by atoms with E-state index in [0.717, 1.165) is 72.8 Å². The molecule has 2 saturated carbocycles. The summed E-state index contributed by atoms with van der Waals surface area (Å²) in [6.45, 7) is 6.48. The van der Waals surface area contributed by atoms with E-state index in [-0.39, 0.29) is 5.60 Å². The number of anilines is 1. The predicted molar refractivity (Wildman–Crippen MR) is 127 cm³/mol. The number of hydrogen-bond acceptors (Lipinski definition) is 6. The van der Waals surface area contributed by atoms with Gasteiger partial charge < -0.3 is 15.1 Å². The lowest BCUT2D eigenvalue weighted by atomic mass is 9.85. The van der Waals surface area contributed by atoms with E-state index in [1.807, 2.05) is 17.1 Å². The van der Waals surface area contributed by atoms with E-state index in [9.17, 15) is 0 Å². The van der Waals surface area contributed by atoms with Crippen molar-refractivity contribution in [3.05, 3.63) is 18.0 Å². The first kappa shape index (κ1) is 20.5. The maximum atomic E-state index is 6.19. The van der Waals surface area contributed by atoms with Crippen molar-refractivity contribution in [2.45, 2.75) is 89.3 Å². The molecule has 2 aromatic heterocycles. The number of rotatable bonds is 6. The molecule has 3 fully saturated rings. The second-order valence-electron chi connectivity index (χ2n) is 10.5. The maximum absolute atomic E-state index is 6.19.